The molecule has 68 valence electrons. The first-order valence-corrected chi connectivity index (χ1v) is 4.30. The molecule has 13 heavy (non-hydrogen) atoms. The van der Waals surface area contributed by atoms with Gasteiger partial charge in [-0.1, -0.05) is 12.6 Å². The fourth-order valence-corrected chi connectivity index (χ4v) is 1.53. The first-order chi connectivity index (χ1) is 6.31. The summed E-state index contributed by atoms with van der Waals surface area (Å²) in [5.41, 5.74) is 3.55. The minimum atomic E-state index is 0.832. The molecule has 0 spiro atoms. The third-order valence-electron chi connectivity index (χ3n) is 2.21. The summed E-state index contributed by atoms with van der Waals surface area (Å²) in [4.78, 5) is 0. The first kappa shape index (κ1) is 7.98. The lowest BCUT2D eigenvalue weighted by molar-refractivity contribution is 0.797. The van der Waals surface area contributed by atoms with Crippen LogP contribution in [0.3, 0.4) is 0 Å². The second-order valence-corrected chi connectivity index (χ2v) is 3.04. The van der Waals surface area contributed by atoms with Crippen molar-refractivity contribution in [3.63, 3.8) is 0 Å². The van der Waals surface area contributed by atoms with Crippen LogP contribution in [-0.4, -0.2) is 7.05 Å². The molecule has 1 aliphatic heterocycles. The molecule has 0 amide bonds. The Bertz CT molecular complexity index is 344. The van der Waals surface area contributed by atoms with E-state index >= 15 is 0 Å². The lowest BCUT2D eigenvalue weighted by atomic mass is 10.1. The highest BCUT2D eigenvalue weighted by molar-refractivity contribution is 5.68. The highest BCUT2D eigenvalue weighted by Crippen LogP contribution is 2.27. The van der Waals surface area contributed by atoms with E-state index in [0.717, 1.165) is 23.7 Å². The topological polar surface area (TPSA) is 36.1 Å². The summed E-state index contributed by atoms with van der Waals surface area (Å²) in [6, 6.07) is 6.15. The van der Waals surface area contributed by atoms with Crippen LogP contribution in [0.2, 0.25) is 0 Å². The highest BCUT2D eigenvalue weighted by Gasteiger charge is 2.12. The molecule has 0 saturated carbocycles. The maximum Gasteiger partial charge on any atom is 0.0959 e. The summed E-state index contributed by atoms with van der Waals surface area (Å²) in [6.45, 7) is 4.66. The van der Waals surface area contributed by atoms with Gasteiger partial charge in [-0.25, -0.2) is 0 Å². The molecule has 0 aliphatic carbocycles. The van der Waals surface area contributed by atoms with Crippen molar-refractivity contribution in [2.24, 2.45) is 0 Å². The monoisotopic (exact) mass is 175 g/mol. The number of benzene rings is 1. The molecule has 0 aromatic heterocycles. The van der Waals surface area contributed by atoms with Crippen molar-refractivity contribution >= 4 is 11.4 Å². The van der Waals surface area contributed by atoms with E-state index in [-0.39, 0.29) is 0 Å². The normalized spacial score (nSPS) is 14.1. The van der Waals surface area contributed by atoms with Crippen LogP contribution in [0.25, 0.3) is 0 Å². The van der Waals surface area contributed by atoms with Gasteiger partial charge in [0.25, 0.3) is 0 Å². The number of hydrogen-bond acceptors (Lipinski definition) is 3. The summed E-state index contributed by atoms with van der Waals surface area (Å²) in [5.74, 6) is 0.862. The van der Waals surface area contributed by atoms with Gasteiger partial charge < -0.3 is 16.0 Å². The molecule has 2 rings (SSSR count). The number of fused-ring (bicyclic) bond motifs is 1. The third kappa shape index (κ3) is 1.33. The molecule has 1 heterocycles. The maximum atomic E-state index is 3.83. The highest BCUT2D eigenvalue weighted by atomic mass is 15.1. The second kappa shape index (κ2) is 3.01. The Labute approximate surface area is 77.8 Å². The SMILES string of the molecule is C=C1NCc2c(NC)cccc2N1. The van der Waals surface area contributed by atoms with E-state index in [4.69, 9.17) is 0 Å². The van der Waals surface area contributed by atoms with Gasteiger partial charge in [0.1, 0.15) is 0 Å². The van der Waals surface area contributed by atoms with Gasteiger partial charge in [-0.2, -0.15) is 0 Å². The Hall–Kier alpha value is -1.64. The third-order valence-corrected chi connectivity index (χ3v) is 2.21. The molecule has 3 heteroatoms. The molecule has 1 aromatic rings. The van der Waals surface area contributed by atoms with E-state index in [0.29, 0.717) is 0 Å². The van der Waals surface area contributed by atoms with Crippen molar-refractivity contribution in [3.8, 4) is 0 Å². The van der Waals surface area contributed by atoms with Gasteiger partial charge in [-0.3, -0.25) is 0 Å². The van der Waals surface area contributed by atoms with E-state index in [1.54, 1.807) is 0 Å². The van der Waals surface area contributed by atoms with Crippen molar-refractivity contribution in [1.82, 2.24) is 5.32 Å². The van der Waals surface area contributed by atoms with Gasteiger partial charge in [0.2, 0.25) is 0 Å². The van der Waals surface area contributed by atoms with Crippen LogP contribution >= 0.6 is 0 Å². The summed E-state index contributed by atoms with van der Waals surface area (Å²) in [6.07, 6.45) is 0. The minimum Gasteiger partial charge on any atom is -0.388 e. The summed E-state index contributed by atoms with van der Waals surface area (Å²) in [7, 11) is 1.93. The van der Waals surface area contributed by atoms with E-state index < -0.39 is 0 Å². The van der Waals surface area contributed by atoms with Crippen molar-refractivity contribution in [2.75, 3.05) is 17.7 Å². The largest absolute Gasteiger partial charge is 0.388 e. The average molecular weight is 175 g/mol. The van der Waals surface area contributed by atoms with E-state index in [2.05, 4.69) is 34.7 Å². The van der Waals surface area contributed by atoms with E-state index in [1.807, 2.05) is 13.1 Å². The number of anilines is 2. The van der Waals surface area contributed by atoms with Gasteiger partial charge in [0.05, 0.1) is 5.82 Å². The van der Waals surface area contributed by atoms with Crippen LogP contribution in [0.1, 0.15) is 5.56 Å². The molecule has 0 atom stereocenters. The summed E-state index contributed by atoms with van der Waals surface area (Å²) >= 11 is 0. The number of hydrogen-bond donors (Lipinski definition) is 3. The van der Waals surface area contributed by atoms with Crippen LogP contribution in [0.15, 0.2) is 30.6 Å². The molecule has 3 N–H and O–H groups in total. The summed E-state index contributed by atoms with van der Waals surface area (Å²) < 4.78 is 0. The van der Waals surface area contributed by atoms with Crippen LogP contribution in [0.4, 0.5) is 11.4 Å². The molecule has 0 unspecified atom stereocenters. The predicted molar refractivity (Wildman–Crippen MR) is 55.6 cm³/mol. The molecule has 0 saturated heterocycles. The quantitative estimate of drug-likeness (QED) is 0.608. The van der Waals surface area contributed by atoms with Gasteiger partial charge in [0.15, 0.2) is 0 Å². The van der Waals surface area contributed by atoms with Crippen molar-refractivity contribution < 1.29 is 0 Å². The fourth-order valence-electron chi connectivity index (χ4n) is 1.53. The molecular weight excluding hydrogens is 162 g/mol. The standard InChI is InChI=1S/C10H13N3/c1-7-12-6-8-9(11-2)4-3-5-10(8)13-7/h3-5,11-13H,1,6H2,2H3. The van der Waals surface area contributed by atoms with Crippen molar-refractivity contribution in [1.29, 1.82) is 0 Å². The maximum absolute atomic E-state index is 3.83. The van der Waals surface area contributed by atoms with E-state index in [1.165, 1.54) is 5.56 Å². The van der Waals surface area contributed by atoms with Gasteiger partial charge in [0, 0.05) is 30.5 Å². The minimum absolute atomic E-state index is 0.832. The zero-order chi connectivity index (χ0) is 9.26. The Morgan fingerprint density at radius 2 is 2.31 bits per heavy atom. The van der Waals surface area contributed by atoms with Crippen molar-refractivity contribution in [2.45, 2.75) is 6.54 Å². The zero-order valence-corrected chi connectivity index (χ0v) is 7.65. The van der Waals surface area contributed by atoms with Gasteiger partial charge >= 0.3 is 0 Å². The molecule has 0 bridgehead atoms. The van der Waals surface area contributed by atoms with Crippen LogP contribution in [0, 0.1) is 0 Å². The van der Waals surface area contributed by atoms with Crippen LogP contribution in [-0.2, 0) is 6.54 Å². The van der Waals surface area contributed by atoms with Crippen LogP contribution in [0.5, 0.6) is 0 Å². The summed E-state index contributed by atoms with van der Waals surface area (Å²) in [5, 5.41) is 9.52. The molecule has 1 aromatic carbocycles. The molecule has 3 nitrogen and oxygen atoms in total. The number of nitrogens with one attached hydrogen (secondary N) is 3. The smallest absolute Gasteiger partial charge is 0.0959 e. The van der Waals surface area contributed by atoms with Crippen molar-refractivity contribution in [3.05, 3.63) is 36.2 Å². The Morgan fingerprint density at radius 1 is 1.46 bits per heavy atom. The van der Waals surface area contributed by atoms with E-state index in [9.17, 15) is 0 Å². The Morgan fingerprint density at radius 3 is 3.08 bits per heavy atom. The van der Waals surface area contributed by atoms with Gasteiger partial charge in [-0.15, -0.1) is 0 Å². The lowest BCUT2D eigenvalue weighted by Gasteiger charge is -2.23. The zero-order valence-electron chi connectivity index (χ0n) is 7.65. The molecular formula is C10H13N3. The predicted octanol–water partition coefficient (Wildman–Crippen LogP) is 1.71. The lowest BCUT2D eigenvalue weighted by Crippen LogP contribution is -2.25. The number of rotatable bonds is 1. The Balaban J connectivity index is 2.45. The molecule has 0 fully saturated rings. The first-order valence-electron chi connectivity index (χ1n) is 4.30. The fraction of sp³-hybridized carbons (Fsp3) is 0.200. The van der Waals surface area contributed by atoms with Gasteiger partial charge in [-0.05, 0) is 12.1 Å². The molecule has 1 aliphatic rings. The Kier molecular flexibility index (Phi) is 1.85. The average Bonchev–Trinajstić information content (AvgIpc) is 2.16. The molecule has 0 radical (unpaired) electrons. The second-order valence-electron chi connectivity index (χ2n) is 3.04. The van der Waals surface area contributed by atoms with Crippen LogP contribution < -0.4 is 16.0 Å².